The smallest absolute Gasteiger partial charge is 0.407 e. The molecular weight excluding hydrogens is 821 g/mol. The van der Waals surface area contributed by atoms with Crippen LogP contribution in [0.1, 0.15) is 134 Å². The summed E-state index contributed by atoms with van der Waals surface area (Å²) in [4.78, 5) is 72.5. The highest BCUT2D eigenvalue weighted by Gasteiger charge is 2.39. The van der Waals surface area contributed by atoms with Crippen molar-refractivity contribution in [2.75, 3.05) is 27.3 Å². The lowest BCUT2D eigenvalue weighted by Gasteiger charge is -2.30. The monoisotopic (exact) mass is 887 g/mol. The first-order valence-corrected chi connectivity index (χ1v) is 23.1. The molecule has 2 saturated heterocycles. The van der Waals surface area contributed by atoms with Gasteiger partial charge in [0.15, 0.2) is 0 Å². The fraction of sp³-hybridized carbons (Fsp3) is 0.490. The first kappa shape index (κ1) is 46.8. The van der Waals surface area contributed by atoms with Crippen LogP contribution in [0.4, 0.5) is 9.59 Å². The van der Waals surface area contributed by atoms with Crippen LogP contribution in [-0.2, 0) is 19.1 Å². The summed E-state index contributed by atoms with van der Waals surface area (Å²) >= 11 is 0. The van der Waals surface area contributed by atoms with E-state index in [4.69, 9.17) is 19.4 Å². The van der Waals surface area contributed by atoms with Gasteiger partial charge in [-0.05, 0) is 85.6 Å². The van der Waals surface area contributed by atoms with Crippen LogP contribution in [-0.4, -0.2) is 93.1 Å². The molecule has 2 aliphatic heterocycles. The zero-order valence-electron chi connectivity index (χ0n) is 39.6. The molecule has 4 N–H and O–H groups in total. The van der Waals surface area contributed by atoms with Gasteiger partial charge in [0, 0.05) is 30.5 Å². The Bertz CT molecular complexity index is 2450. The molecule has 346 valence electrons. The SMILES string of the molecule is COC(=O)NC(C(=O)N1CCCC1c1ncc(-c2ccc(-c3ccc(-c4cnc(C5CCCN5C(=O)C(NC(=O)OC)C(C)C)[nH]4)c4c3C(C)C=C(C)CC(C)=CC4C)cc2)[nH]1)C(C)C. The molecule has 6 unspecified atom stereocenters. The van der Waals surface area contributed by atoms with E-state index in [1.165, 1.54) is 36.5 Å². The number of H-pyrrole nitrogens is 2. The standard InChI is InChI=1S/C51H66N8O6/c1-28(2)44(56-50(62)64-9)48(60)58-21-11-13-40(58)46-52-26-38(54-46)35-17-15-34(16-18-35)36-19-20-37(43-33(8)25-31(6)23-30(5)24-32(7)42(36)43)39-27-53-47(55-39)41-14-12-22-59(41)49(61)45(29(3)4)57-51(63)65-10/h15-20,24-29,32-33,40-41,44-45H,11-14,21-23H2,1-10H3,(H,52,54)(H,53,55)(H,56,62)(H,57,63). The topological polar surface area (TPSA) is 175 Å². The molecule has 0 saturated carbocycles. The summed E-state index contributed by atoms with van der Waals surface area (Å²) in [6, 6.07) is 11.1. The average molecular weight is 887 g/mol. The van der Waals surface area contributed by atoms with Gasteiger partial charge >= 0.3 is 12.2 Å². The highest BCUT2D eigenvalue weighted by atomic mass is 16.5. The number of hydrogen-bond acceptors (Lipinski definition) is 8. The van der Waals surface area contributed by atoms with E-state index in [1.54, 1.807) is 0 Å². The molecule has 4 aromatic rings. The van der Waals surface area contributed by atoms with E-state index in [0.717, 1.165) is 77.4 Å². The Morgan fingerprint density at radius 1 is 0.646 bits per heavy atom. The Hall–Kier alpha value is -6.18. The second kappa shape index (κ2) is 19.9. The fourth-order valence-electron chi connectivity index (χ4n) is 10.2. The molecule has 0 radical (unpaired) electrons. The first-order valence-electron chi connectivity index (χ1n) is 23.1. The maximum Gasteiger partial charge on any atom is 0.407 e. The van der Waals surface area contributed by atoms with Gasteiger partial charge in [-0.15, -0.1) is 0 Å². The normalized spacial score (nSPS) is 20.9. The number of benzene rings is 2. The van der Waals surface area contributed by atoms with Gasteiger partial charge in [0.25, 0.3) is 0 Å². The number of aromatic amines is 2. The van der Waals surface area contributed by atoms with Crippen LogP contribution in [0.3, 0.4) is 0 Å². The molecule has 2 aromatic carbocycles. The number of hydrogen-bond donors (Lipinski definition) is 4. The van der Waals surface area contributed by atoms with Gasteiger partial charge in [-0.2, -0.15) is 0 Å². The summed E-state index contributed by atoms with van der Waals surface area (Å²) in [6.45, 7) is 17.8. The van der Waals surface area contributed by atoms with E-state index in [1.807, 2.05) is 49.9 Å². The first-order chi connectivity index (χ1) is 31.1. The Balaban J connectivity index is 1.20. The van der Waals surface area contributed by atoms with E-state index < -0.39 is 24.3 Å². The zero-order chi connectivity index (χ0) is 46.7. The molecule has 0 bridgehead atoms. The lowest BCUT2D eigenvalue weighted by atomic mass is 9.79. The number of imidazole rings is 2. The van der Waals surface area contributed by atoms with Crippen molar-refractivity contribution >= 4 is 24.0 Å². The number of nitrogens with one attached hydrogen (secondary N) is 4. The summed E-state index contributed by atoms with van der Waals surface area (Å²) < 4.78 is 9.65. The Labute approximate surface area is 383 Å². The third-order valence-corrected chi connectivity index (χ3v) is 13.3. The maximum atomic E-state index is 13.9. The van der Waals surface area contributed by atoms with Crippen molar-refractivity contribution in [2.45, 2.75) is 123 Å². The largest absolute Gasteiger partial charge is 0.453 e. The second-order valence-electron chi connectivity index (χ2n) is 18.8. The Kier molecular flexibility index (Phi) is 14.3. The van der Waals surface area contributed by atoms with Crippen molar-refractivity contribution in [1.29, 1.82) is 0 Å². The molecule has 2 fully saturated rings. The van der Waals surface area contributed by atoms with Crippen LogP contribution in [0.25, 0.3) is 33.6 Å². The zero-order valence-corrected chi connectivity index (χ0v) is 39.6. The number of carbonyl (C=O) groups excluding carboxylic acids is 4. The van der Waals surface area contributed by atoms with Crippen LogP contribution < -0.4 is 10.6 Å². The van der Waals surface area contributed by atoms with Gasteiger partial charge in [-0.3, -0.25) is 9.59 Å². The lowest BCUT2D eigenvalue weighted by Crippen LogP contribution is -2.51. The quantitative estimate of drug-likeness (QED) is 0.108. The minimum Gasteiger partial charge on any atom is -0.453 e. The van der Waals surface area contributed by atoms with Gasteiger partial charge in [0.2, 0.25) is 11.8 Å². The third kappa shape index (κ3) is 9.91. The summed E-state index contributed by atoms with van der Waals surface area (Å²) in [5.41, 5.74) is 11.2. The van der Waals surface area contributed by atoms with Crippen molar-refractivity contribution in [3.05, 3.63) is 94.9 Å². The van der Waals surface area contributed by atoms with Crippen LogP contribution in [0, 0.1) is 11.8 Å². The number of allylic oxidation sites excluding steroid dienone is 4. The molecule has 1 aliphatic carbocycles. The van der Waals surface area contributed by atoms with Crippen LogP contribution in [0.5, 0.6) is 0 Å². The Morgan fingerprint density at radius 2 is 1.08 bits per heavy atom. The molecule has 65 heavy (non-hydrogen) atoms. The molecule has 0 spiro atoms. The molecule has 6 atom stereocenters. The number of rotatable bonds is 11. The van der Waals surface area contributed by atoms with Gasteiger partial charge in [-0.25, -0.2) is 19.6 Å². The summed E-state index contributed by atoms with van der Waals surface area (Å²) in [5.74, 6) is 1.12. The van der Waals surface area contributed by atoms with Crippen molar-refractivity contribution in [3.8, 4) is 33.6 Å². The van der Waals surface area contributed by atoms with Gasteiger partial charge in [0.05, 0.1) is 50.1 Å². The van der Waals surface area contributed by atoms with E-state index in [-0.39, 0.29) is 47.6 Å². The number of carbonyl (C=O) groups is 4. The number of fused-ring (bicyclic) bond motifs is 1. The highest BCUT2D eigenvalue weighted by Crippen LogP contribution is 2.45. The number of nitrogens with zero attached hydrogens (tertiary/aromatic N) is 4. The molecule has 4 heterocycles. The minimum absolute atomic E-state index is 0.0889. The third-order valence-electron chi connectivity index (χ3n) is 13.3. The number of amides is 4. The van der Waals surface area contributed by atoms with Crippen molar-refractivity contribution < 1.29 is 28.7 Å². The van der Waals surface area contributed by atoms with Gasteiger partial charge in [0.1, 0.15) is 23.7 Å². The van der Waals surface area contributed by atoms with Gasteiger partial charge in [-0.1, -0.05) is 101 Å². The van der Waals surface area contributed by atoms with Crippen LogP contribution in [0.15, 0.2) is 72.1 Å². The number of ether oxygens (including phenoxy) is 2. The maximum absolute atomic E-state index is 13.9. The van der Waals surface area contributed by atoms with Gasteiger partial charge < -0.3 is 39.9 Å². The average Bonchev–Trinajstić information content (AvgIpc) is 4.13. The number of aromatic nitrogens is 4. The Morgan fingerprint density at radius 3 is 1.55 bits per heavy atom. The van der Waals surface area contributed by atoms with E-state index in [2.05, 4.69) is 96.8 Å². The van der Waals surface area contributed by atoms with Crippen molar-refractivity contribution in [3.63, 3.8) is 0 Å². The van der Waals surface area contributed by atoms with E-state index in [0.29, 0.717) is 13.1 Å². The molecule has 7 rings (SSSR count). The molecular formula is C51H66N8O6. The van der Waals surface area contributed by atoms with E-state index in [9.17, 15) is 19.2 Å². The summed E-state index contributed by atoms with van der Waals surface area (Å²) in [5, 5.41) is 5.47. The fourth-order valence-corrected chi connectivity index (χ4v) is 10.2. The van der Waals surface area contributed by atoms with Crippen LogP contribution >= 0.6 is 0 Å². The van der Waals surface area contributed by atoms with Crippen molar-refractivity contribution in [1.82, 2.24) is 40.4 Å². The summed E-state index contributed by atoms with van der Waals surface area (Å²) in [7, 11) is 2.60. The predicted octanol–water partition coefficient (Wildman–Crippen LogP) is 9.73. The minimum atomic E-state index is -0.712. The molecule has 14 heteroatoms. The predicted molar refractivity (Wildman–Crippen MR) is 252 cm³/mol. The molecule has 3 aliphatic rings. The van der Waals surface area contributed by atoms with Crippen LogP contribution in [0.2, 0.25) is 0 Å². The lowest BCUT2D eigenvalue weighted by molar-refractivity contribution is -0.136. The molecule has 14 nitrogen and oxygen atoms in total. The van der Waals surface area contributed by atoms with Crippen molar-refractivity contribution in [2.24, 2.45) is 11.8 Å². The number of alkyl carbamates (subject to hydrolysis) is 2. The summed E-state index contributed by atoms with van der Waals surface area (Å²) in [6.07, 6.45) is 11.4. The molecule has 2 aromatic heterocycles. The number of likely N-dealkylation sites (tertiary alicyclic amines) is 2. The highest BCUT2D eigenvalue weighted by molar-refractivity contribution is 5.87. The molecule has 4 amide bonds. The van der Waals surface area contributed by atoms with E-state index >= 15 is 0 Å². The second-order valence-corrected chi connectivity index (χ2v) is 18.8. The number of methoxy groups -OCH3 is 2.